The number of hydrogen-bond donors (Lipinski definition) is 1. The molecule has 2 rings (SSSR count). The van der Waals surface area contributed by atoms with Crippen LogP contribution in [0.15, 0.2) is 35.7 Å². The molecule has 0 bridgehead atoms. The zero-order valence-corrected chi connectivity index (χ0v) is 11.6. The van der Waals surface area contributed by atoms with Crippen LogP contribution in [0.3, 0.4) is 0 Å². The Hall–Kier alpha value is -2.48. The fraction of sp³-hybridized carbons (Fsp3) is 0.167. The summed E-state index contributed by atoms with van der Waals surface area (Å²) in [6.45, 7) is 0. The second-order valence-corrected chi connectivity index (χ2v) is 4.13. The highest BCUT2D eigenvalue weighted by molar-refractivity contribution is 7.07. The first kappa shape index (κ1) is 12.5. The summed E-state index contributed by atoms with van der Waals surface area (Å²) < 4.78 is 21.5. The fourth-order valence-electron chi connectivity index (χ4n) is 1.43. The maximum atomic E-state index is 7.77. The fourth-order valence-corrected chi connectivity index (χ4v) is 1.80. The normalized spacial score (nSPS) is 11.7. The van der Waals surface area contributed by atoms with E-state index < -0.39 is 0 Å². The summed E-state index contributed by atoms with van der Waals surface area (Å²) in [6, 6.07) is 6.94. The van der Waals surface area contributed by atoms with Crippen molar-refractivity contribution in [2.45, 2.75) is 0 Å². The number of methoxy groups -OCH3 is 1. The lowest BCUT2D eigenvalue weighted by Gasteiger charge is -2.10. The molecule has 104 valence electrons. The van der Waals surface area contributed by atoms with Crippen LogP contribution in [0.25, 0.3) is 0 Å². The summed E-state index contributed by atoms with van der Waals surface area (Å²) in [5.74, 6) is 0.248. The summed E-state index contributed by atoms with van der Waals surface area (Å²) >= 11 is 0.965. The Balaban J connectivity index is 2.39. The number of oxime groups is 1. The van der Waals surface area contributed by atoms with E-state index in [2.05, 4.69) is 14.5 Å². The Morgan fingerprint density at radius 3 is 2.85 bits per heavy atom. The predicted octanol–water partition coefficient (Wildman–Crippen LogP) is 2.30. The Labute approximate surface area is 120 Å². The third-order valence-corrected chi connectivity index (χ3v) is 2.75. The average Bonchev–Trinajstić information content (AvgIpc) is 2.90. The molecule has 1 heterocycles. The van der Waals surface area contributed by atoms with Gasteiger partial charge in [0, 0.05) is 11.5 Å². The summed E-state index contributed by atoms with van der Waals surface area (Å²) in [5, 5.41) is 11.8. The first-order valence-corrected chi connectivity index (χ1v) is 6.24. The van der Waals surface area contributed by atoms with Gasteiger partial charge >= 0.3 is 0 Å². The van der Waals surface area contributed by atoms with Gasteiger partial charge in [-0.25, -0.2) is 0 Å². The number of nitrogens with zero attached hydrogens (tertiary/aromatic N) is 3. The van der Waals surface area contributed by atoms with Gasteiger partial charge in [0.1, 0.15) is 20.5 Å². The topological polar surface area (TPSA) is 89.7 Å². The van der Waals surface area contributed by atoms with Crippen molar-refractivity contribution in [3.05, 3.63) is 36.1 Å². The second-order valence-electron chi connectivity index (χ2n) is 3.41. The summed E-state index contributed by atoms with van der Waals surface area (Å²) in [5.41, 5.74) is 0.694. The number of ether oxygens (including phenoxy) is 2. The molecule has 1 aromatic heterocycles. The molecule has 0 unspecified atom stereocenters. The third kappa shape index (κ3) is 3.09. The highest BCUT2D eigenvalue weighted by Gasteiger charge is 2.18. The second kappa shape index (κ2) is 6.62. The smallest absolute Gasteiger partial charge is 0.298 e. The van der Waals surface area contributed by atoms with E-state index in [1.165, 1.54) is 14.2 Å². The van der Waals surface area contributed by atoms with Gasteiger partial charge in [0.2, 0.25) is 5.90 Å². The number of benzene rings is 1. The minimum atomic E-state index is -0.161. The van der Waals surface area contributed by atoms with E-state index in [1.54, 1.807) is 24.3 Å². The Morgan fingerprint density at radius 1 is 1.40 bits per heavy atom. The van der Waals surface area contributed by atoms with Crippen LogP contribution in [-0.4, -0.2) is 35.2 Å². The molecule has 0 aliphatic heterocycles. The van der Waals surface area contributed by atoms with Gasteiger partial charge in [-0.15, -0.1) is 0 Å². The van der Waals surface area contributed by atoms with Crippen LogP contribution >= 0.6 is 11.5 Å². The van der Waals surface area contributed by atoms with Crippen LogP contribution < -0.4 is 4.74 Å². The van der Waals surface area contributed by atoms with Crippen LogP contribution in [0.4, 0.5) is 0 Å². The van der Waals surface area contributed by atoms with Gasteiger partial charge in [0.25, 0.3) is 5.19 Å². The molecule has 0 aliphatic rings. The molecule has 0 spiro atoms. The van der Waals surface area contributed by atoms with Crippen molar-refractivity contribution in [2.24, 2.45) is 5.16 Å². The maximum Gasteiger partial charge on any atom is 0.298 e. The van der Waals surface area contributed by atoms with E-state index in [0.29, 0.717) is 11.3 Å². The first-order valence-electron chi connectivity index (χ1n) is 5.97. The molecule has 2 aromatic rings. The quantitative estimate of drug-likeness (QED) is 0.519. The predicted molar refractivity (Wildman–Crippen MR) is 74.7 cm³/mol. The van der Waals surface area contributed by atoms with Gasteiger partial charge in [-0.2, -0.15) is 9.36 Å². The summed E-state index contributed by atoms with van der Waals surface area (Å²) in [4.78, 5) is 8.56. The molecule has 0 saturated heterocycles. The van der Waals surface area contributed by atoms with Gasteiger partial charge in [0.15, 0.2) is 5.71 Å². The number of nitrogens with one attached hydrogen (secondary N) is 1. The van der Waals surface area contributed by atoms with Crippen LogP contribution in [0, 0.1) is 5.41 Å². The third-order valence-electron chi connectivity index (χ3n) is 2.25. The van der Waals surface area contributed by atoms with Crippen molar-refractivity contribution in [3.8, 4) is 10.9 Å². The molecular weight excluding hydrogens is 280 g/mol. The van der Waals surface area contributed by atoms with Crippen LogP contribution in [-0.2, 0) is 9.57 Å². The van der Waals surface area contributed by atoms with E-state index in [-0.39, 0.29) is 23.1 Å². The highest BCUT2D eigenvalue weighted by Crippen LogP contribution is 2.26. The van der Waals surface area contributed by atoms with E-state index in [0.717, 1.165) is 11.5 Å². The number of para-hydroxylation sites is 1. The average molecular weight is 293 g/mol. The molecule has 0 saturated carbocycles. The number of hydrogen-bond acceptors (Lipinski definition) is 8. The Kier molecular flexibility index (Phi) is 4.15. The highest BCUT2D eigenvalue weighted by atomic mass is 32.1. The SMILES string of the molecule is [2H]c1nsc(Oc2ccccc2C(=NOC)C(=N)OC)n1. The molecule has 7 nitrogen and oxygen atoms in total. The van der Waals surface area contributed by atoms with Crippen LogP contribution in [0.5, 0.6) is 10.9 Å². The van der Waals surface area contributed by atoms with Crippen molar-refractivity contribution in [1.82, 2.24) is 9.36 Å². The molecular formula is C12H12N4O3S. The molecule has 1 N–H and O–H groups in total. The number of aromatic nitrogens is 2. The largest absolute Gasteiger partial charge is 0.480 e. The zero-order chi connectivity index (χ0) is 15.2. The Bertz CT molecular complexity index is 674. The molecule has 8 heteroatoms. The van der Waals surface area contributed by atoms with Gasteiger partial charge < -0.3 is 14.3 Å². The minimum Gasteiger partial charge on any atom is -0.480 e. The van der Waals surface area contributed by atoms with Gasteiger partial charge in [-0.05, 0) is 12.1 Å². The van der Waals surface area contributed by atoms with Gasteiger partial charge in [0.05, 0.1) is 12.7 Å². The van der Waals surface area contributed by atoms with E-state index in [1.807, 2.05) is 0 Å². The standard InChI is InChI=1S/C12H12N4O3S/c1-17-11(13)10(16-18-2)8-5-3-4-6-9(8)19-12-14-7-15-20-12/h3-7,13H,1-2H3/i7D. The van der Waals surface area contributed by atoms with Crippen molar-refractivity contribution >= 4 is 23.1 Å². The molecule has 0 fully saturated rings. The molecule has 0 amide bonds. The number of rotatable bonds is 5. The molecule has 0 aliphatic carbocycles. The first-order chi connectivity index (χ1) is 10.2. The maximum absolute atomic E-state index is 7.77. The molecule has 0 atom stereocenters. The van der Waals surface area contributed by atoms with Crippen molar-refractivity contribution in [2.75, 3.05) is 14.2 Å². The summed E-state index contributed by atoms with van der Waals surface area (Å²) in [7, 11) is 2.75. The Morgan fingerprint density at radius 2 is 2.20 bits per heavy atom. The monoisotopic (exact) mass is 293 g/mol. The van der Waals surface area contributed by atoms with E-state index in [9.17, 15) is 0 Å². The lowest BCUT2D eigenvalue weighted by atomic mass is 10.1. The van der Waals surface area contributed by atoms with Gasteiger partial charge in [-0.1, -0.05) is 17.3 Å². The minimum absolute atomic E-state index is 0.108. The van der Waals surface area contributed by atoms with Crippen molar-refractivity contribution < 1.29 is 15.7 Å². The van der Waals surface area contributed by atoms with Gasteiger partial charge in [-0.3, -0.25) is 5.41 Å². The lowest BCUT2D eigenvalue weighted by molar-refractivity contribution is 0.213. The van der Waals surface area contributed by atoms with Crippen LogP contribution in [0.1, 0.15) is 6.93 Å². The molecule has 20 heavy (non-hydrogen) atoms. The molecule has 0 radical (unpaired) electrons. The summed E-state index contributed by atoms with van der Waals surface area (Å²) in [6.07, 6.45) is -0.108. The van der Waals surface area contributed by atoms with Crippen molar-refractivity contribution in [3.63, 3.8) is 0 Å². The van der Waals surface area contributed by atoms with Crippen molar-refractivity contribution in [1.29, 1.82) is 5.41 Å². The lowest BCUT2D eigenvalue weighted by Crippen LogP contribution is -2.17. The van der Waals surface area contributed by atoms with E-state index in [4.69, 9.17) is 21.1 Å². The van der Waals surface area contributed by atoms with Crippen LogP contribution in [0.2, 0.25) is 0 Å². The zero-order valence-electron chi connectivity index (χ0n) is 11.8. The van der Waals surface area contributed by atoms with E-state index >= 15 is 0 Å². The molecule has 1 aromatic carbocycles.